The Balaban J connectivity index is 2.23. The van der Waals surface area contributed by atoms with Crippen LogP contribution < -0.4 is 11.1 Å². The van der Waals surface area contributed by atoms with E-state index in [1.165, 1.54) is 0 Å². The van der Waals surface area contributed by atoms with Crippen molar-refractivity contribution in [2.45, 2.75) is 12.5 Å². The molecule has 4 nitrogen and oxygen atoms in total. The molecule has 0 unspecified atom stereocenters. The number of benzene rings is 1. The highest BCUT2D eigenvalue weighted by Gasteiger charge is 2.22. The van der Waals surface area contributed by atoms with Crippen molar-refractivity contribution >= 4 is 28.8 Å². The minimum atomic E-state index is -1.02. The number of hydrogen-bond donors (Lipinski definition) is 2. The molecule has 0 saturated heterocycles. The van der Waals surface area contributed by atoms with Crippen molar-refractivity contribution in [1.29, 1.82) is 0 Å². The number of hydrogen-bond acceptors (Lipinski definition) is 2. The van der Waals surface area contributed by atoms with Gasteiger partial charge in [-0.05, 0) is 11.6 Å². The molecule has 1 aromatic carbocycles. The number of carboxylic acids is 1. The van der Waals surface area contributed by atoms with E-state index in [9.17, 15) is 4.79 Å². The summed E-state index contributed by atoms with van der Waals surface area (Å²) in [5.41, 5.74) is 7.85. The summed E-state index contributed by atoms with van der Waals surface area (Å²) in [6.07, 6.45) is 1.88. The first-order valence-corrected chi connectivity index (χ1v) is 5.14. The van der Waals surface area contributed by atoms with Crippen molar-refractivity contribution in [2.75, 3.05) is 0 Å². The van der Waals surface area contributed by atoms with Gasteiger partial charge in [0, 0.05) is 18.2 Å². The third-order valence-electron chi connectivity index (χ3n) is 2.44. The number of aliphatic carboxylic acids is 1. The maximum Gasteiger partial charge on any atom is 0.320 e. The normalized spacial score (nSPS) is 15.0. The lowest BCUT2D eigenvalue weighted by Crippen LogP contribution is -2.30. The summed E-state index contributed by atoms with van der Waals surface area (Å²) < 4.78 is 0. The topological polar surface area (TPSA) is 77.4 Å². The van der Waals surface area contributed by atoms with Crippen LogP contribution in [0.1, 0.15) is 12.0 Å². The molecule has 16 heavy (non-hydrogen) atoms. The summed E-state index contributed by atoms with van der Waals surface area (Å²) in [5.74, 6) is -1.02. The van der Waals surface area contributed by atoms with E-state index in [-0.39, 0.29) is 6.42 Å². The standard InChI is InChI=1S/C11H10ClN2O2/c12-8-3-1-2-7-6(5-14-10(7)8)4-9(13)11(15)16/h1-3,5,9H,4,13H2,(H,15,16)/t9-/m0/s1. The fourth-order valence-electron chi connectivity index (χ4n) is 1.60. The molecule has 1 heterocycles. The second-order valence-corrected chi connectivity index (χ2v) is 3.98. The molecule has 0 fully saturated rings. The first kappa shape index (κ1) is 11.0. The van der Waals surface area contributed by atoms with Crippen LogP contribution in [-0.4, -0.2) is 17.1 Å². The molecule has 0 bridgehead atoms. The van der Waals surface area contributed by atoms with Gasteiger partial charge in [-0.2, -0.15) is 0 Å². The predicted octanol–water partition coefficient (Wildman–Crippen LogP) is 1.73. The van der Waals surface area contributed by atoms with Gasteiger partial charge in [-0.15, -0.1) is 0 Å². The highest BCUT2D eigenvalue weighted by atomic mass is 35.5. The summed E-state index contributed by atoms with van der Waals surface area (Å²) in [5, 5.41) is 13.4. The van der Waals surface area contributed by atoms with Gasteiger partial charge in [-0.3, -0.25) is 10.1 Å². The van der Waals surface area contributed by atoms with E-state index in [0.717, 1.165) is 11.1 Å². The zero-order valence-electron chi connectivity index (χ0n) is 8.35. The summed E-state index contributed by atoms with van der Waals surface area (Å²) in [6, 6.07) is 4.50. The van der Waals surface area contributed by atoms with E-state index < -0.39 is 12.0 Å². The van der Waals surface area contributed by atoms with Gasteiger partial charge in [0.05, 0.1) is 10.7 Å². The van der Waals surface area contributed by atoms with E-state index in [4.69, 9.17) is 22.4 Å². The molecular formula is C11H10ClN2O2. The second kappa shape index (κ2) is 4.15. The lowest BCUT2D eigenvalue weighted by molar-refractivity contribution is -0.138. The van der Waals surface area contributed by atoms with Crippen LogP contribution in [-0.2, 0) is 4.79 Å². The number of fused-ring (bicyclic) bond motifs is 1. The van der Waals surface area contributed by atoms with Crippen molar-refractivity contribution in [3.8, 4) is 0 Å². The van der Waals surface area contributed by atoms with Gasteiger partial charge in [-0.1, -0.05) is 23.7 Å². The van der Waals surface area contributed by atoms with Crippen molar-refractivity contribution in [3.63, 3.8) is 0 Å². The highest BCUT2D eigenvalue weighted by Crippen LogP contribution is 2.37. The van der Waals surface area contributed by atoms with Crippen LogP contribution >= 0.6 is 11.6 Å². The molecule has 1 aromatic rings. The Bertz CT molecular complexity index is 471. The first-order valence-electron chi connectivity index (χ1n) is 4.77. The summed E-state index contributed by atoms with van der Waals surface area (Å²) in [6.45, 7) is 0. The molecule has 0 amide bonds. The summed E-state index contributed by atoms with van der Waals surface area (Å²) in [7, 11) is 0. The van der Waals surface area contributed by atoms with E-state index in [2.05, 4.69) is 5.32 Å². The SMILES string of the molecule is N[C@@H](CC1=C[N]c2c(Cl)cccc21)C(=O)O. The molecule has 5 heteroatoms. The zero-order chi connectivity index (χ0) is 11.7. The Labute approximate surface area is 97.7 Å². The molecule has 3 N–H and O–H groups in total. The minimum absolute atomic E-state index is 0.256. The zero-order valence-corrected chi connectivity index (χ0v) is 9.11. The number of nitrogens with two attached hydrogens (primary N) is 1. The maximum atomic E-state index is 10.7. The predicted molar refractivity (Wildman–Crippen MR) is 61.5 cm³/mol. The smallest absolute Gasteiger partial charge is 0.320 e. The molecule has 83 valence electrons. The van der Waals surface area contributed by atoms with E-state index in [0.29, 0.717) is 10.7 Å². The fraction of sp³-hybridized carbons (Fsp3) is 0.182. The van der Waals surface area contributed by atoms with E-state index in [1.54, 1.807) is 12.3 Å². The second-order valence-electron chi connectivity index (χ2n) is 3.57. The number of rotatable bonds is 3. The van der Waals surface area contributed by atoms with Crippen molar-refractivity contribution in [3.05, 3.63) is 35.0 Å². The van der Waals surface area contributed by atoms with Crippen LogP contribution in [0.3, 0.4) is 0 Å². The Kier molecular flexibility index (Phi) is 2.85. The number of carbonyl (C=O) groups is 1. The average molecular weight is 238 g/mol. The molecule has 1 radical (unpaired) electrons. The van der Waals surface area contributed by atoms with Gasteiger partial charge in [-0.25, -0.2) is 0 Å². The van der Waals surface area contributed by atoms with Gasteiger partial charge in [0.1, 0.15) is 6.04 Å². The number of nitrogens with zero attached hydrogens (tertiary/aromatic N) is 1. The maximum absolute atomic E-state index is 10.7. The van der Waals surface area contributed by atoms with Crippen LogP contribution in [0.4, 0.5) is 5.69 Å². The van der Waals surface area contributed by atoms with Gasteiger partial charge in [0.15, 0.2) is 0 Å². The van der Waals surface area contributed by atoms with Crippen molar-refractivity contribution in [1.82, 2.24) is 5.32 Å². The van der Waals surface area contributed by atoms with E-state index >= 15 is 0 Å². The first-order chi connectivity index (χ1) is 7.59. The molecule has 2 rings (SSSR count). The van der Waals surface area contributed by atoms with E-state index in [1.807, 2.05) is 12.1 Å². The highest BCUT2D eigenvalue weighted by molar-refractivity contribution is 6.33. The fourth-order valence-corrected chi connectivity index (χ4v) is 1.83. The Morgan fingerprint density at radius 2 is 2.31 bits per heavy atom. The molecule has 1 aliphatic rings. The molecular weight excluding hydrogens is 228 g/mol. The quantitative estimate of drug-likeness (QED) is 0.841. The van der Waals surface area contributed by atoms with Crippen LogP contribution in [0.2, 0.25) is 5.02 Å². The molecule has 1 atom stereocenters. The van der Waals surface area contributed by atoms with Gasteiger partial charge in [0.25, 0.3) is 0 Å². The van der Waals surface area contributed by atoms with Crippen molar-refractivity contribution < 1.29 is 9.90 Å². The largest absolute Gasteiger partial charge is 0.480 e. The Morgan fingerprint density at radius 1 is 1.56 bits per heavy atom. The Morgan fingerprint density at radius 3 is 3.00 bits per heavy atom. The molecule has 1 aliphatic heterocycles. The molecule has 0 spiro atoms. The monoisotopic (exact) mass is 237 g/mol. The minimum Gasteiger partial charge on any atom is -0.480 e. The van der Waals surface area contributed by atoms with Crippen LogP contribution in [0, 0.1) is 0 Å². The number of carboxylic acid groups (broad SMARTS) is 1. The van der Waals surface area contributed by atoms with Gasteiger partial charge < -0.3 is 10.8 Å². The third kappa shape index (κ3) is 1.89. The lowest BCUT2D eigenvalue weighted by Gasteiger charge is -2.08. The number of para-hydroxylation sites is 1. The third-order valence-corrected chi connectivity index (χ3v) is 2.74. The molecule has 0 aromatic heterocycles. The van der Waals surface area contributed by atoms with Crippen LogP contribution in [0.25, 0.3) is 5.57 Å². The molecule has 0 aliphatic carbocycles. The summed E-state index contributed by atoms with van der Waals surface area (Å²) in [4.78, 5) is 10.7. The lowest BCUT2D eigenvalue weighted by atomic mass is 10.0. The van der Waals surface area contributed by atoms with Gasteiger partial charge in [0.2, 0.25) is 0 Å². The summed E-state index contributed by atoms with van der Waals surface area (Å²) >= 11 is 5.96. The van der Waals surface area contributed by atoms with Crippen LogP contribution in [0.15, 0.2) is 24.4 Å². The van der Waals surface area contributed by atoms with Crippen LogP contribution in [0.5, 0.6) is 0 Å². The molecule has 0 saturated carbocycles. The van der Waals surface area contributed by atoms with Crippen molar-refractivity contribution in [2.24, 2.45) is 5.73 Å². The van der Waals surface area contributed by atoms with Gasteiger partial charge >= 0.3 is 5.97 Å². The number of halogens is 1. The Hall–Kier alpha value is -1.52. The average Bonchev–Trinajstić information content (AvgIpc) is 2.63.